The summed E-state index contributed by atoms with van der Waals surface area (Å²) in [5, 5.41) is -0.0444. The summed E-state index contributed by atoms with van der Waals surface area (Å²) in [4.78, 5) is 21.5. The number of halogens is 6. The van der Waals surface area contributed by atoms with E-state index in [4.69, 9.17) is 0 Å². The first kappa shape index (κ1) is 24.0. The molecule has 1 amide bonds. The molecule has 11 heteroatoms. The highest BCUT2D eigenvalue weighted by Gasteiger charge is 2.37. The second-order valence-electron chi connectivity index (χ2n) is 8.49. The molecule has 4 rings (SSSR count). The Kier molecular flexibility index (Phi) is 6.47. The second-order valence-corrected chi connectivity index (χ2v) is 9.49. The van der Waals surface area contributed by atoms with Gasteiger partial charge in [0.15, 0.2) is 0 Å². The van der Waals surface area contributed by atoms with Crippen LogP contribution in [0.1, 0.15) is 52.2 Å². The predicted octanol–water partition coefficient (Wildman–Crippen LogP) is 5.86. The van der Waals surface area contributed by atoms with Gasteiger partial charge in [0.2, 0.25) is 0 Å². The van der Waals surface area contributed by atoms with Crippen LogP contribution in [0, 0.1) is 6.92 Å². The Morgan fingerprint density at radius 2 is 1.48 bits per heavy atom. The van der Waals surface area contributed by atoms with Crippen molar-refractivity contribution in [1.29, 1.82) is 0 Å². The van der Waals surface area contributed by atoms with Crippen LogP contribution in [-0.2, 0) is 12.4 Å². The maximum absolute atomic E-state index is 13.2. The molecule has 1 aliphatic carbocycles. The van der Waals surface area contributed by atoms with Crippen molar-refractivity contribution in [2.45, 2.75) is 51.0 Å². The lowest BCUT2D eigenvalue weighted by atomic mass is 10.1. The summed E-state index contributed by atoms with van der Waals surface area (Å²) < 4.78 is 79.2. The third-order valence-corrected chi connectivity index (χ3v) is 7.46. The first-order chi connectivity index (χ1) is 15.4. The van der Waals surface area contributed by atoms with Crippen LogP contribution in [0.5, 0.6) is 0 Å². The van der Waals surface area contributed by atoms with Crippen molar-refractivity contribution in [3.05, 3.63) is 39.9 Å². The molecule has 2 aromatic rings. The van der Waals surface area contributed by atoms with E-state index in [2.05, 4.69) is 9.88 Å². The van der Waals surface area contributed by atoms with Crippen molar-refractivity contribution in [2.75, 3.05) is 26.2 Å². The SMILES string of the molecule is Cc1nc(-c2cc(C(F)(F)F)cc(C(F)(F)F)c2)sc1C(=O)N1CCN(C2CCCC2)CC1. The molecule has 1 saturated carbocycles. The maximum Gasteiger partial charge on any atom is 0.416 e. The van der Waals surface area contributed by atoms with Gasteiger partial charge in [0.25, 0.3) is 5.91 Å². The lowest BCUT2D eigenvalue weighted by Gasteiger charge is -2.37. The number of hydrogen-bond acceptors (Lipinski definition) is 4. The molecule has 2 heterocycles. The van der Waals surface area contributed by atoms with E-state index in [1.807, 2.05) is 0 Å². The van der Waals surface area contributed by atoms with Crippen LogP contribution in [0.2, 0.25) is 0 Å². The summed E-state index contributed by atoms with van der Waals surface area (Å²) >= 11 is 0.829. The van der Waals surface area contributed by atoms with Crippen LogP contribution < -0.4 is 0 Å². The van der Waals surface area contributed by atoms with Gasteiger partial charge >= 0.3 is 12.4 Å². The maximum atomic E-state index is 13.2. The first-order valence-corrected chi connectivity index (χ1v) is 11.6. The van der Waals surface area contributed by atoms with E-state index < -0.39 is 23.5 Å². The highest BCUT2D eigenvalue weighted by Crippen LogP contribution is 2.40. The van der Waals surface area contributed by atoms with Crippen LogP contribution >= 0.6 is 11.3 Å². The molecule has 1 aromatic heterocycles. The van der Waals surface area contributed by atoms with Gasteiger partial charge in [-0.25, -0.2) is 4.98 Å². The van der Waals surface area contributed by atoms with Crippen LogP contribution in [0.3, 0.4) is 0 Å². The molecule has 0 unspecified atom stereocenters. The zero-order valence-corrected chi connectivity index (χ0v) is 18.7. The number of amides is 1. The topological polar surface area (TPSA) is 36.4 Å². The van der Waals surface area contributed by atoms with E-state index in [-0.39, 0.29) is 27.4 Å². The number of alkyl halides is 6. The summed E-state index contributed by atoms with van der Waals surface area (Å²) in [7, 11) is 0. The Bertz CT molecular complexity index is 986. The number of hydrogen-bond donors (Lipinski definition) is 0. The van der Waals surface area contributed by atoms with Crippen LogP contribution in [0.15, 0.2) is 18.2 Å². The van der Waals surface area contributed by atoms with E-state index in [0.29, 0.717) is 37.0 Å². The quantitative estimate of drug-likeness (QED) is 0.505. The number of aromatic nitrogens is 1. The van der Waals surface area contributed by atoms with E-state index in [0.717, 1.165) is 24.4 Å². The van der Waals surface area contributed by atoms with Gasteiger partial charge in [-0.2, -0.15) is 26.3 Å². The van der Waals surface area contributed by atoms with Crippen molar-refractivity contribution < 1.29 is 31.1 Å². The standard InChI is InChI=1S/C22H23F6N3OS/c1-13-18(20(32)31-8-6-30(7-9-31)17-4-2-3-5-17)33-19(29-13)14-10-15(21(23,24)25)12-16(11-14)22(26,27)28/h10-12,17H,2-9H2,1H3. The Morgan fingerprint density at radius 3 is 2.00 bits per heavy atom. The molecule has 1 aliphatic heterocycles. The lowest BCUT2D eigenvalue weighted by molar-refractivity contribution is -0.143. The van der Waals surface area contributed by atoms with Crippen LogP contribution in [-0.4, -0.2) is 52.9 Å². The van der Waals surface area contributed by atoms with Crippen molar-refractivity contribution in [1.82, 2.24) is 14.8 Å². The number of benzene rings is 1. The number of carbonyl (C=O) groups excluding carboxylic acids is 1. The molecule has 0 spiro atoms. The lowest BCUT2D eigenvalue weighted by Crippen LogP contribution is -2.51. The molecule has 0 bridgehead atoms. The fraction of sp³-hybridized carbons (Fsp3) is 0.545. The smallest absolute Gasteiger partial charge is 0.335 e. The van der Waals surface area contributed by atoms with Gasteiger partial charge in [0.1, 0.15) is 9.88 Å². The zero-order chi connectivity index (χ0) is 24.0. The van der Waals surface area contributed by atoms with Crippen molar-refractivity contribution in [3.8, 4) is 10.6 Å². The Hall–Kier alpha value is -2.14. The second kappa shape index (κ2) is 8.90. The minimum atomic E-state index is -4.94. The number of carbonyl (C=O) groups is 1. The van der Waals surface area contributed by atoms with Gasteiger partial charge < -0.3 is 4.90 Å². The molecule has 1 saturated heterocycles. The molecular formula is C22H23F6N3OS. The third-order valence-electron chi connectivity index (χ3n) is 6.27. The fourth-order valence-electron chi connectivity index (χ4n) is 4.50. The van der Waals surface area contributed by atoms with E-state index >= 15 is 0 Å². The number of rotatable bonds is 3. The average Bonchev–Trinajstić information content (AvgIpc) is 3.42. The zero-order valence-electron chi connectivity index (χ0n) is 17.9. The Labute approximate surface area is 191 Å². The molecular weight excluding hydrogens is 468 g/mol. The monoisotopic (exact) mass is 491 g/mol. The van der Waals surface area contributed by atoms with Gasteiger partial charge in [-0.3, -0.25) is 9.69 Å². The predicted molar refractivity (Wildman–Crippen MR) is 112 cm³/mol. The summed E-state index contributed by atoms with van der Waals surface area (Å²) in [5.41, 5.74) is -2.83. The summed E-state index contributed by atoms with van der Waals surface area (Å²) in [6, 6.07) is 1.92. The van der Waals surface area contributed by atoms with Gasteiger partial charge in [-0.05, 0) is 38.0 Å². The minimum Gasteiger partial charge on any atom is -0.335 e. The molecule has 0 radical (unpaired) electrons. The molecule has 4 nitrogen and oxygen atoms in total. The highest BCUT2D eigenvalue weighted by molar-refractivity contribution is 7.17. The molecule has 1 aromatic carbocycles. The number of nitrogens with zero attached hydrogens (tertiary/aromatic N) is 3. The van der Waals surface area contributed by atoms with Gasteiger partial charge in [-0.1, -0.05) is 12.8 Å². The first-order valence-electron chi connectivity index (χ1n) is 10.7. The largest absolute Gasteiger partial charge is 0.416 e. The third kappa shape index (κ3) is 5.18. The minimum absolute atomic E-state index is 0.0444. The van der Waals surface area contributed by atoms with Crippen molar-refractivity contribution in [2.24, 2.45) is 0 Å². The highest BCUT2D eigenvalue weighted by atomic mass is 32.1. The summed E-state index contributed by atoms with van der Waals surface area (Å²) in [5.74, 6) is -0.287. The van der Waals surface area contributed by atoms with Crippen molar-refractivity contribution >= 4 is 17.2 Å². The summed E-state index contributed by atoms with van der Waals surface area (Å²) in [6.07, 6.45) is -5.11. The fourth-order valence-corrected chi connectivity index (χ4v) is 5.52. The van der Waals surface area contributed by atoms with Gasteiger partial charge in [-0.15, -0.1) is 11.3 Å². The van der Waals surface area contributed by atoms with Crippen LogP contribution in [0.25, 0.3) is 10.6 Å². The van der Waals surface area contributed by atoms with E-state index in [9.17, 15) is 31.1 Å². The summed E-state index contributed by atoms with van der Waals surface area (Å²) in [6.45, 7) is 4.11. The molecule has 33 heavy (non-hydrogen) atoms. The number of thiazole rings is 1. The van der Waals surface area contributed by atoms with E-state index in [1.165, 1.54) is 25.7 Å². The Morgan fingerprint density at radius 1 is 0.939 bits per heavy atom. The average molecular weight is 492 g/mol. The van der Waals surface area contributed by atoms with Gasteiger partial charge in [0, 0.05) is 37.8 Å². The molecule has 0 N–H and O–H groups in total. The normalized spacial score (nSPS) is 18.8. The van der Waals surface area contributed by atoms with Gasteiger partial charge in [0.05, 0.1) is 16.8 Å². The Balaban J connectivity index is 1.57. The molecule has 180 valence electrons. The molecule has 0 atom stereocenters. The number of piperazine rings is 1. The van der Waals surface area contributed by atoms with E-state index in [1.54, 1.807) is 11.8 Å². The molecule has 2 aliphatic rings. The van der Waals surface area contributed by atoms with Crippen LogP contribution in [0.4, 0.5) is 26.3 Å². The molecule has 2 fully saturated rings. The van der Waals surface area contributed by atoms with Crippen molar-refractivity contribution in [3.63, 3.8) is 0 Å². The number of aryl methyl sites for hydroxylation is 1.